The molecular formula is C22H15ClO5S. The third-order valence-electron chi connectivity index (χ3n) is 4.32. The predicted octanol–water partition coefficient (Wildman–Crippen LogP) is 5.03. The molecule has 0 spiro atoms. The van der Waals surface area contributed by atoms with Gasteiger partial charge >= 0.3 is 10.1 Å². The summed E-state index contributed by atoms with van der Waals surface area (Å²) in [6, 6.07) is 17.6. The van der Waals surface area contributed by atoms with Gasteiger partial charge in [-0.2, -0.15) is 8.42 Å². The van der Waals surface area contributed by atoms with Crippen LogP contribution in [0.1, 0.15) is 21.5 Å². The molecule has 0 saturated carbocycles. The van der Waals surface area contributed by atoms with Crippen LogP contribution in [0.2, 0.25) is 5.02 Å². The van der Waals surface area contributed by atoms with Crippen LogP contribution in [0.25, 0.3) is 6.08 Å². The molecule has 0 aromatic heterocycles. The first-order valence-corrected chi connectivity index (χ1v) is 10.5. The van der Waals surface area contributed by atoms with Crippen LogP contribution < -0.4 is 8.92 Å². The summed E-state index contributed by atoms with van der Waals surface area (Å²) in [6.45, 7) is 1.86. The zero-order chi connectivity index (χ0) is 20.6. The van der Waals surface area contributed by atoms with Crippen molar-refractivity contribution in [3.63, 3.8) is 0 Å². The molecule has 146 valence electrons. The molecule has 0 aliphatic carbocycles. The number of ketones is 1. The molecule has 0 unspecified atom stereocenters. The molecule has 3 aromatic carbocycles. The van der Waals surface area contributed by atoms with E-state index >= 15 is 0 Å². The van der Waals surface area contributed by atoms with Crippen molar-refractivity contribution in [1.82, 2.24) is 0 Å². The number of allylic oxidation sites excluding steroid dienone is 1. The van der Waals surface area contributed by atoms with E-state index in [0.29, 0.717) is 10.6 Å². The molecule has 5 nitrogen and oxygen atoms in total. The van der Waals surface area contributed by atoms with Gasteiger partial charge in [-0.3, -0.25) is 4.79 Å². The monoisotopic (exact) mass is 426 g/mol. The highest BCUT2D eigenvalue weighted by molar-refractivity contribution is 7.87. The summed E-state index contributed by atoms with van der Waals surface area (Å²) < 4.78 is 35.8. The number of rotatable bonds is 4. The topological polar surface area (TPSA) is 69.7 Å². The van der Waals surface area contributed by atoms with Crippen LogP contribution in [0.4, 0.5) is 0 Å². The second-order valence-corrected chi connectivity index (χ2v) is 8.48. The van der Waals surface area contributed by atoms with Crippen molar-refractivity contribution in [2.24, 2.45) is 0 Å². The fourth-order valence-corrected chi connectivity index (χ4v) is 3.86. The molecule has 0 bridgehead atoms. The summed E-state index contributed by atoms with van der Waals surface area (Å²) in [4.78, 5) is 12.6. The van der Waals surface area contributed by atoms with Gasteiger partial charge in [0.05, 0.1) is 5.56 Å². The Labute approximate surface area is 173 Å². The first-order valence-electron chi connectivity index (χ1n) is 8.67. The number of Topliss-reactive ketones (excluding diaryl/α,β-unsaturated/α-hetero) is 1. The van der Waals surface area contributed by atoms with E-state index in [1.165, 1.54) is 30.3 Å². The van der Waals surface area contributed by atoms with Crippen LogP contribution in [0.15, 0.2) is 77.4 Å². The second-order valence-electron chi connectivity index (χ2n) is 6.50. The Hall–Kier alpha value is -3.09. The van der Waals surface area contributed by atoms with Gasteiger partial charge in [0.25, 0.3) is 0 Å². The summed E-state index contributed by atoms with van der Waals surface area (Å²) in [5.74, 6) is 0.153. The molecule has 0 amide bonds. The summed E-state index contributed by atoms with van der Waals surface area (Å²) in [6.07, 6.45) is 1.60. The van der Waals surface area contributed by atoms with Crippen molar-refractivity contribution in [2.75, 3.05) is 0 Å². The maximum Gasteiger partial charge on any atom is 0.339 e. The number of carbonyl (C=O) groups is 1. The molecular weight excluding hydrogens is 412 g/mol. The minimum Gasteiger partial charge on any atom is -0.452 e. The second kappa shape index (κ2) is 7.39. The molecule has 3 aromatic rings. The average molecular weight is 427 g/mol. The molecule has 29 heavy (non-hydrogen) atoms. The zero-order valence-corrected chi connectivity index (χ0v) is 16.8. The fraction of sp³-hybridized carbons (Fsp3) is 0.0455. The number of aryl methyl sites for hydroxylation is 1. The number of benzene rings is 3. The van der Waals surface area contributed by atoms with Gasteiger partial charge in [-0.05, 0) is 55.0 Å². The van der Waals surface area contributed by atoms with Gasteiger partial charge in [0.15, 0.2) is 5.76 Å². The molecule has 7 heteroatoms. The number of halogens is 1. The van der Waals surface area contributed by atoms with E-state index in [-0.39, 0.29) is 27.9 Å². The molecule has 1 heterocycles. The number of hydrogen-bond acceptors (Lipinski definition) is 5. The molecule has 4 rings (SSSR count). The predicted molar refractivity (Wildman–Crippen MR) is 110 cm³/mol. The van der Waals surface area contributed by atoms with E-state index in [1.54, 1.807) is 42.5 Å². The van der Waals surface area contributed by atoms with Gasteiger partial charge in [-0.1, -0.05) is 41.4 Å². The van der Waals surface area contributed by atoms with Crippen LogP contribution >= 0.6 is 11.6 Å². The smallest absolute Gasteiger partial charge is 0.339 e. The summed E-state index contributed by atoms with van der Waals surface area (Å²) in [5, 5.41) is 0.589. The Morgan fingerprint density at radius 3 is 2.34 bits per heavy atom. The fourth-order valence-electron chi connectivity index (χ4n) is 2.81. The van der Waals surface area contributed by atoms with Gasteiger partial charge in [0.1, 0.15) is 16.4 Å². The summed E-state index contributed by atoms with van der Waals surface area (Å²) >= 11 is 5.87. The molecule has 1 aliphatic heterocycles. The molecule has 0 atom stereocenters. The standard InChI is InChI=1S/C22H15ClO5S/c1-14-2-9-18(10-3-14)29(25,26)28-17-8-11-19-20(13-17)27-21(22(19)24)12-15-4-6-16(23)7-5-15/h2-13H,1H3/b21-12-. The van der Waals surface area contributed by atoms with E-state index < -0.39 is 10.1 Å². The first kappa shape index (κ1) is 19.2. The molecule has 1 aliphatic rings. The number of ether oxygens (including phenoxy) is 1. The molecule has 0 saturated heterocycles. The lowest BCUT2D eigenvalue weighted by molar-refractivity contribution is 0.101. The highest BCUT2D eigenvalue weighted by Crippen LogP contribution is 2.35. The van der Waals surface area contributed by atoms with E-state index in [4.69, 9.17) is 20.5 Å². The summed E-state index contributed by atoms with van der Waals surface area (Å²) in [7, 11) is -3.99. The van der Waals surface area contributed by atoms with Gasteiger partial charge < -0.3 is 8.92 Å². The van der Waals surface area contributed by atoms with Crippen molar-refractivity contribution in [3.8, 4) is 11.5 Å². The van der Waals surface area contributed by atoms with Crippen molar-refractivity contribution in [2.45, 2.75) is 11.8 Å². The highest BCUT2D eigenvalue weighted by Gasteiger charge is 2.28. The largest absolute Gasteiger partial charge is 0.452 e. The van der Waals surface area contributed by atoms with Gasteiger partial charge in [-0.15, -0.1) is 0 Å². The lowest BCUT2D eigenvalue weighted by atomic mass is 10.1. The molecule has 0 fully saturated rings. The van der Waals surface area contributed by atoms with E-state index in [9.17, 15) is 13.2 Å². The lowest BCUT2D eigenvalue weighted by Crippen LogP contribution is -2.09. The van der Waals surface area contributed by atoms with E-state index in [2.05, 4.69) is 0 Å². The molecule has 0 N–H and O–H groups in total. The Bertz CT molecular complexity index is 1230. The maximum atomic E-state index is 12.5. The Morgan fingerprint density at radius 1 is 0.966 bits per heavy atom. The van der Waals surface area contributed by atoms with Crippen LogP contribution in [-0.2, 0) is 10.1 Å². The van der Waals surface area contributed by atoms with Crippen LogP contribution in [0.3, 0.4) is 0 Å². The number of fused-ring (bicyclic) bond motifs is 1. The van der Waals surface area contributed by atoms with Gasteiger partial charge in [0, 0.05) is 11.1 Å². The maximum absolute atomic E-state index is 12.5. The zero-order valence-electron chi connectivity index (χ0n) is 15.3. The SMILES string of the molecule is Cc1ccc(S(=O)(=O)Oc2ccc3c(c2)O/C(=C\c2ccc(Cl)cc2)C3=O)cc1. The van der Waals surface area contributed by atoms with Crippen molar-refractivity contribution >= 4 is 33.6 Å². The number of hydrogen-bond donors (Lipinski definition) is 0. The number of carbonyl (C=O) groups excluding carboxylic acids is 1. The normalized spacial score (nSPS) is 14.6. The Kier molecular flexibility index (Phi) is 4.90. The summed E-state index contributed by atoms with van der Waals surface area (Å²) in [5.41, 5.74) is 2.03. The lowest BCUT2D eigenvalue weighted by Gasteiger charge is -2.08. The van der Waals surface area contributed by atoms with Crippen molar-refractivity contribution in [3.05, 3.63) is 94.2 Å². The Morgan fingerprint density at radius 2 is 1.66 bits per heavy atom. The quantitative estimate of drug-likeness (QED) is 0.432. The Balaban J connectivity index is 1.59. The minimum absolute atomic E-state index is 0.0453. The van der Waals surface area contributed by atoms with E-state index in [0.717, 1.165) is 11.1 Å². The first-order chi connectivity index (χ1) is 13.8. The third kappa shape index (κ3) is 4.04. The van der Waals surface area contributed by atoms with Crippen LogP contribution in [0, 0.1) is 6.92 Å². The van der Waals surface area contributed by atoms with E-state index in [1.807, 2.05) is 6.92 Å². The average Bonchev–Trinajstić information content (AvgIpc) is 2.98. The van der Waals surface area contributed by atoms with Crippen molar-refractivity contribution in [1.29, 1.82) is 0 Å². The molecule has 0 radical (unpaired) electrons. The van der Waals surface area contributed by atoms with Gasteiger partial charge in [-0.25, -0.2) is 0 Å². The van der Waals surface area contributed by atoms with Crippen molar-refractivity contribution < 1.29 is 22.1 Å². The minimum atomic E-state index is -3.99. The van der Waals surface area contributed by atoms with Gasteiger partial charge in [0.2, 0.25) is 5.78 Å². The van der Waals surface area contributed by atoms with Crippen LogP contribution in [-0.4, -0.2) is 14.2 Å². The highest BCUT2D eigenvalue weighted by atomic mass is 35.5. The van der Waals surface area contributed by atoms with Crippen LogP contribution in [0.5, 0.6) is 11.5 Å². The third-order valence-corrected chi connectivity index (χ3v) is 5.84.